The predicted octanol–water partition coefficient (Wildman–Crippen LogP) is 3.33. The monoisotopic (exact) mass is 311 g/mol. The minimum atomic E-state index is -3.44. The summed E-state index contributed by atoms with van der Waals surface area (Å²) in [4.78, 5) is 0.302. The van der Waals surface area contributed by atoms with E-state index in [1.807, 2.05) is 6.92 Å². The average molecular weight is 311 g/mol. The van der Waals surface area contributed by atoms with Crippen molar-refractivity contribution in [2.24, 2.45) is 5.41 Å². The normalized spacial score (nSPS) is 21.4. The SMILES string of the molecule is CCCOc1ccc(S(=O)(=O)NC2CCC(C)(C)C2)cc1. The zero-order valence-electron chi connectivity index (χ0n) is 13.1. The Morgan fingerprint density at radius 2 is 1.95 bits per heavy atom. The van der Waals surface area contributed by atoms with Crippen molar-refractivity contribution in [2.45, 2.75) is 57.4 Å². The molecule has 0 spiro atoms. The summed E-state index contributed by atoms with van der Waals surface area (Å²) in [6.07, 6.45) is 3.79. The number of benzene rings is 1. The van der Waals surface area contributed by atoms with Crippen molar-refractivity contribution in [1.82, 2.24) is 4.72 Å². The van der Waals surface area contributed by atoms with E-state index in [4.69, 9.17) is 4.74 Å². The molecule has 4 nitrogen and oxygen atoms in total. The number of ether oxygens (including phenoxy) is 1. The Kier molecular flexibility index (Phi) is 4.94. The largest absolute Gasteiger partial charge is 0.494 e. The van der Waals surface area contributed by atoms with Crippen molar-refractivity contribution < 1.29 is 13.2 Å². The van der Waals surface area contributed by atoms with E-state index in [0.29, 0.717) is 17.3 Å². The van der Waals surface area contributed by atoms with E-state index in [1.165, 1.54) is 0 Å². The summed E-state index contributed by atoms with van der Waals surface area (Å²) in [7, 11) is -3.44. The second-order valence-electron chi connectivity index (χ2n) is 6.55. The van der Waals surface area contributed by atoms with Gasteiger partial charge in [0.1, 0.15) is 5.75 Å². The molecule has 1 atom stereocenters. The highest BCUT2D eigenvalue weighted by atomic mass is 32.2. The molecule has 1 saturated carbocycles. The molecule has 1 aliphatic rings. The average Bonchev–Trinajstić information content (AvgIpc) is 2.75. The quantitative estimate of drug-likeness (QED) is 0.876. The molecule has 0 amide bonds. The fraction of sp³-hybridized carbons (Fsp3) is 0.625. The second kappa shape index (κ2) is 6.36. The van der Waals surface area contributed by atoms with Crippen LogP contribution in [-0.4, -0.2) is 21.1 Å². The van der Waals surface area contributed by atoms with Crippen molar-refractivity contribution in [1.29, 1.82) is 0 Å². The smallest absolute Gasteiger partial charge is 0.240 e. The minimum absolute atomic E-state index is 0.0426. The van der Waals surface area contributed by atoms with Gasteiger partial charge in [0.2, 0.25) is 10.0 Å². The first-order valence-corrected chi connectivity index (χ1v) is 9.06. The summed E-state index contributed by atoms with van der Waals surface area (Å²) in [5.74, 6) is 0.706. The van der Waals surface area contributed by atoms with E-state index in [-0.39, 0.29) is 11.5 Å². The molecule has 1 fully saturated rings. The first kappa shape index (κ1) is 16.3. The molecule has 1 unspecified atom stereocenters. The Morgan fingerprint density at radius 3 is 2.48 bits per heavy atom. The van der Waals surface area contributed by atoms with Gasteiger partial charge in [-0.15, -0.1) is 0 Å². The second-order valence-corrected chi connectivity index (χ2v) is 8.26. The van der Waals surface area contributed by atoms with Gasteiger partial charge in [0, 0.05) is 6.04 Å². The topological polar surface area (TPSA) is 55.4 Å². The van der Waals surface area contributed by atoms with Crippen LogP contribution in [0, 0.1) is 5.41 Å². The summed E-state index contributed by atoms with van der Waals surface area (Å²) in [6, 6.07) is 6.67. The van der Waals surface area contributed by atoms with Crippen LogP contribution in [0.2, 0.25) is 0 Å². The molecular weight excluding hydrogens is 286 g/mol. The van der Waals surface area contributed by atoms with Crippen molar-refractivity contribution in [3.05, 3.63) is 24.3 Å². The Balaban J connectivity index is 2.02. The van der Waals surface area contributed by atoms with Gasteiger partial charge in [0.25, 0.3) is 0 Å². The molecule has 5 heteroatoms. The molecule has 1 N–H and O–H groups in total. The Labute approximate surface area is 127 Å². The van der Waals surface area contributed by atoms with Gasteiger partial charge in [0.05, 0.1) is 11.5 Å². The van der Waals surface area contributed by atoms with Gasteiger partial charge < -0.3 is 4.74 Å². The molecule has 0 aromatic heterocycles. The van der Waals surface area contributed by atoms with Crippen LogP contribution < -0.4 is 9.46 Å². The van der Waals surface area contributed by atoms with Crippen molar-refractivity contribution >= 4 is 10.0 Å². The molecule has 0 radical (unpaired) electrons. The third-order valence-corrected chi connectivity index (χ3v) is 5.43. The minimum Gasteiger partial charge on any atom is -0.494 e. The van der Waals surface area contributed by atoms with E-state index < -0.39 is 10.0 Å². The number of sulfonamides is 1. The Morgan fingerprint density at radius 1 is 1.29 bits per heavy atom. The van der Waals surface area contributed by atoms with Gasteiger partial charge in [0.15, 0.2) is 0 Å². The Hall–Kier alpha value is -1.07. The zero-order chi connectivity index (χ0) is 15.5. The van der Waals surface area contributed by atoms with Crippen LogP contribution in [0.1, 0.15) is 46.5 Å². The highest BCUT2D eigenvalue weighted by Gasteiger charge is 2.33. The van der Waals surface area contributed by atoms with E-state index in [0.717, 1.165) is 25.7 Å². The standard InChI is InChI=1S/C16H25NO3S/c1-4-11-20-14-5-7-15(8-6-14)21(18,19)17-13-9-10-16(2,3)12-13/h5-8,13,17H,4,9-12H2,1-3H3. The van der Waals surface area contributed by atoms with E-state index in [9.17, 15) is 8.42 Å². The fourth-order valence-electron chi connectivity index (χ4n) is 2.76. The lowest BCUT2D eigenvalue weighted by Gasteiger charge is -2.18. The number of rotatable bonds is 6. The van der Waals surface area contributed by atoms with Gasteiger partial charge in [-0.3, -0.25) is 0 Å². The maximum Gasteiger partial charge on any atom is 0.240 e. The molecule has 0 aliphatic heterocycles. The molecule has 118 valence electrons. The molecule has 2 rings (SSSR count). The molecule has 1 aliphatic carbocycles. The lowest BCUT2D eigenvalue weighted by Crippen LogP contribution is -2.33. The van der Waals surface area contributed by atoms with Crippen LogP contribution in [-0.2, 0) is 10.0 Å². The van der Waals surface area contributed by atoms with Crippen LogP contribution in [0.15, 0.2) is 29.2 Å². The molecular formula is C16H25NO3S. The zero-order valence-corrected chi connectivity index (χ0v) is 13.9. The molecule has 0 heterocycles. The predicted molar refractivity (Wildman–Crippen MR) is 84.0 cm³/mol. The van der Waals surface area contributed by atoms with E-state index in [1.54, 1.807) is 24.3 Å². The molecule has 21 heavy (non-hydrogen) atoms. The van der Waals surface area contributed by atoms with Crippen LogP contribution >= 0.6 is 0 Å². The first-order chi connectivity index (χ1) is 9.82. The van der Waals surface area contributed by atoms with Gasteiger partial charge in [-0.2, -0.15) is 0 Å². The fourth-order valence-corrected chi connectivity index (χ4v) is 4.03. The van der Waals surface area contributed by atoms with Crippen LogP contribution in [0.3, 0.4) is 0 Å². The number of hydrogen-bond donors (Lipinski definition) is 1. The lowest BCUT2D eigenvalue weighted by atomic mass is 9.92. The number of hydrogen-bond acceptors (Lipinski definition) is 3. The van der Waals surface area contributed by atoms with Crippen molar-refractivity contribution in [2.75, 3.05) is 6.61 Å². The number of nitrogens with one attached hydrogen (secondary N) is 1. The summed E-state index contributed by atoms with van der Waals surface area (Å²) < 4.78 is 33.0. The first-order valence-electron chi connectivity index (χ1n) is 7.58. The summed E-state index contributed by atoms with van der Waals surface area (Å²) >= 11 is 0. The van der Waals surface area contributed by atoms with Crippen LogP contribution in [0.4, 0.5) is 0 Å². The van der Waals surface area contributed by atoms with Crippen LogP contribution in [0.5, 0.6) is 5.75 Å². The molecule has 1 aromatic carbocycles. The third kappa shape index (κ3) is 4.45. The van der Waals surface area contributed by atoms with E-state index in [2.05, 4.69) is 18.6 Å². The highest BCUT2D eigenvalue weighted by Crippen LogP contribution is 2.37. The van der Waals surface area contributed by atoms with Gasteiger partial charge in [-0.05, 0) is 55.4 Å². The summed E-state index contributed by atoms with van der Waals surface area (Å²) in [5.41, 5.74) is 0.227. The Bertz CT molecular complexity index is 564. The maximum atomic E-state index is 12.4. The lowest BCUT2D eigenvalue weighted by molar-refractivity contribution is 0.317. The summed E-state index contributed by atoms with van der Waals surface area (Å²) in [5, 5.41) is 0. The van der Waals surface area contributed by atoms with E-state index >= 15 is 0 Å². The van der Waals surface area contributed by atoms with Crippen LogP contribution in [0.25, 0.3) is 0 Å². The molecule has 1 aromatic rings. The van der Waals surface area contributed by atoms with Gasteiger partial charge >= 0.3 is 0 Å². The maximum absolute atomic E-state index is 12.4. The summed E-state index contributed by atoms with van der Waals surface area (Å²) in [6.45, 7) is 7.04. The van der Waals surface area contributed by atoms with Gasteiger partial charge in [-0.25, -0.2) is 13.1 Å². The highest BCUT2D eigenvalue weighted by molar-refractivity contribution is 7.89. The molecule has 0 saturated heterocycles. The third-order valence-electron chi connectivity index (χ3n) is 3.90. The molecule has 0 bridgehead atoms. The van der Waals surface area contributed by atoms with Gasteiger partial charge in [-0.1, -0.05) is 20.8 Å². The van der Waals surface area contributed by atoms with Crippen molar-refractivity contribution in [3.8, 4) is 5.75 Å². The van der Waals surface area contributed by atoms with Crippen molar-refractivity contribution in [3.63, 3.8) is 0 Å².